The molecule has 0 aliphatic heterocycles. The summed E-state index contributed by atoms with van der Waals surface area (Å²) >= 11 is 0. The first-order chi connectivity index (χ1) is 13.3. The number of hydrogen-bond donors (Lipinski definition) is 2. The number of rotatable bonds is 7. The van der Waals surface area contributed by atoms with E-state index in [1.54, 1.807) is 6.07 Å². The van der Waals surface area contributed by atoms with Gasteiger partial charge in [-0.25, -0.2) is 13.2 Å². The molecule has 0 aliphatic carbocycles. The summed E-state index contributed by atoms with van der Waals surface area (Å²) in [5.74, 6) is -0.538. The first-order valence-electron chi connectivity index (χ1n) is 9.01. The van der Waals surface area contributed by atoms with Crippen molar-refractivity contribution in [3.8, 4) is 11.5 Å². The average molecular weight is 438 g/mol. The molecule has 0 heterocycles. The minimum absolute atomic E-state index is 0.0169. The Morgan fingerprint density at radius 3 is 2.14 bits per heavy atom. The third-order valence-corrected chi connectivity index (χ3v) is 10.7. The van der Waals surface area contributed by atoms with Crippen molar-refractivity contribution in [3.63, 3.8) is 0 Å². The van der Waals surface area contributed by atoms with E-state index in [0.29, 0.717) is 5.75 Å². The second kappa shape index (κ2) is 8.07. The summed E-state index contributed by atoms with van der Waals surface area (Å²) in [5, 5.41) is 9.43. The summed E-state index contributed by atoms with van der Waals surface area (Å²) in [4.78, 5) is 11.7. The molecule has 9 heteroatoms. The topological polar surface area (TPSA) is 102 Å². The van der Waals surface area contributed by atoms with Gasteiger partial charge in [-0.15, -0.1) is 0 Å². The number of sulfonamides is 1. The van der Waals surface area contributed by atoms with Gasteiger partial charge in [0.2, 0.25) is 0 Å². The first-order valence-corrected chi connectivity index (χ1v) is 13.4. The molecular weight excluding hydrogens is 410 g/mol. The first kappa shape index (κ1) is 22.8. The largest absolute Gasteiger partial charge is 0.542 e. The van der Waals surface area contributed by atoms with Gasteiger partial charge < -0.3 is 14.3 Å². The highest BCUT2D eigenvalue weighted by Crippen LogP contribution is 2.40. The Kier molecular flexibility index (Phi) is 6.34. The van der Waals surface area contributed by atoms with E-state index in [4.69, 9.17) is 9.16 Å². The van der Waals surface area contributed by atoms with E-state index in [2.05, 4.69) is 4.72 Å². The summed E-state index contributed by atoms with van der Waals surface area (Å²) in [6, 6.07) is 10.3. The number of carboxylic acids is 1. The number of benzene rings is 2. The fourth-order valence-electron chi connectivity index (χ4n) is 2.28. The quantitative estimate of drug-likeness (QED) is 0.615. The molecule has 0 aromatic heterocycles. The third kappa shape index (κ3) is 5.10. The number of hydrogen-bond acceptors (Lipinski definition) is 5. The summed E-state index contributed by atoms with van der Waals surface area (Å²) < 4.78 is 39.5. The zero-order valence-electron chi connectivity index (χ0n) is 17.4. The van der Waals surface area contributed by atoms with Gasteiger partial charge in [-0.05, 0) is 54.5 Å². The van der Waals surface area contributed by atoms with E-state index in [9.17, 15) is 18.3 Å². The zero-order chi connectivity index (χ0) is 22.0. The number of nitrogens with one attached hydrogen (secondary N) is 1. The number of aromatic carboxylic acids is 1. The lowest BCUT2D eigenvalue weighted by Gasteiger charge is -2.37. The molecule has 158 valence electrons. The lowest BCUT2D eigenvalue weighted by molar-refractivity contribution is 0.0697. The molecule has 0 spiro atoms. The maximum Gasteiger partial charge on any atom is 0.337 e. The maximum atomic E-state index is 12.9. The number of carboxylic acid groups (broad SMARTS) is 1. The minimum Gasteiger partial charge on any atom is -0.542 e. The minimum atomic E-state index is -4.04. The average Bonchev–Trinajstić information content (AvgIpc) is 2.61. The SMILES string of the molecule is COc1ccc(S(=O)(=O)Nc2c(O[Si](C)(C)C(C)(C)C)cccc2C(=O)O)cc1. The smallest absolute Gasteiger partial charge is 0.337 e. The van der Waals surface area contributed by atoms with Crippen LogP contribution in [-0.2, 0) is 10.0 Å². The molecule has 2 N–H and O–H groups in total. The highest BCUT2D eigenvalue weighted by atomic mass is 32.2. The third-order valence-electron chi connectivity index (χ3n) is 5.03. The summed E-state index contributed by atoms with van der Waals surface area (Å²) in [5.41, 5.74) is -0.265. The maximum absolute atomic E-state index is 12.9. The van der Waals surface area contributed by atoms with Crippen molar-refractivity contribution in [3.05, 3.63) is 48.0 Å². The molecule has 7 nitrogen and oxygen atoms in total. The van der Waals surface area contributed by atoms with Crippen molar-refractivity contribution >= 4 is 30.0 Å². The normalized spacial score (nSPS) is 12.3. The van der Waals surface area contributed by atoms with Crippen LogP contribution in [0.15, 0.2) is 47.4 Å². The van der Waals surface area contributed by atoms with Crippen molar-refractivity contribution in [1.29, 1.82) is 0 Å². The Morgan fingerprint density at radius 1 is 1.07 bits per heavy atom. The van der Waals surface area contributed by atoms with Gasteiger partial charge in [-0.1, -0.05) is 26.8 Å². The van der Waals surface area contributed by atoms with Gasteiger partial charge in [0.25, 0.3) is 18.3 Å². The number of methoxy groups -OCH3 is 1. The molecule has 0 unspecified atom stereocenters. The molecule has 0 aliphatic rings. The molecule has 0 bridgehead atoms. The summed E-state index contributed by atoms with van der Waals surface area (Å²) in [7, 11) is -4.91. The Labute approximate surface area is 172 Å². The van der Waals surface area contributed by atoms with Gasteiger partial charge in [0.1, 0.15) is 17.2 Å². The van der Waals surface area contributed by atoms with Crippen LogP contribution in [0, 0.1) is 0 Å². The van der Waals surface area contributed by atoms with E-state index in [1.807, 2.05) is 33.9 Å². The molecule has 0 amide bonds. The van der Waals surface area contributed by atoms with Gasteiger partial charge in [0.05, 0.1) is 17.6 Å². The molecular formula is C20H27NO6SSi. The number of carbonyl (C=O) groups is 1. The molecule has 0 atom stereocenters. The fourth-order valence-corrected chi connectivity index (χ4v) is 4.39. The lowest BCUT2D eigenvalue weighted by atomic mass is 10.2. The zero-order valence-corrected chi connectivity index (χ0v) is 19.3. The van der Waals surface area contributed by atoms with Crippen LogP contribution in [0.2, 0.25) is 18.1 Å². The molecule has 2 rings (SSSR count). The van der Waals surface area contributed by atoms with Crippen LogP contribution in [0.5, 0.6) is 11.5 Å². The second-order valence-corrected chi connectivity index (χ2v) is 14.5. The number of anilines is 1. The Hall–Kier alpha value is -2.52. The van der Waals surface area contributed by atoms with Gasteiger partial charge >= 0.3 is 5.97 Å². The van der Waals surface area contributed by atoms with E-state index in [1.165, 1.54) is 43.5 Å². The molecule has 2 aromatic carbocycles. The lowest BCUT2D eigenvalue weighted by Crippen LogP contribution is -2.44. The molecule has 0 radical (unpaired) electrons. The Morgan fingerprint density at radius 2 is 1.66 bits per heavy atom. The highest BCUT2D eigenvalue weighted by molar-refractivity contribution is 7.92. The van der Waals surface area contributed by atoms with Crippen LogP contribution < -0.4 is 13.9 Å². The van der Waals surface area contributed by atoms with E-state index in [0.717, 1.165) is 0 Å². The van der Waals surface area contributed by atoms with Crippen molar-refractivity contribution in [2.45, 2.75) is 43.8 Å². The van der Waals surface area contributed by atoms with Crippen LogP contribution in [0.3, 0.4) is 0 Å². The van der Waals surface area contributed by atoms with Crippen LogP contribution >= 0.6 is 0 Å². The second-order valence-electron chi connectivity index (χ2n) is 8.13. The van der Waals surface area contributed by atoms with E-state index in [-0.39, 0.29) is 26.9 Å². The van der Waals surface area contributed by atoms with Gasteiger partial charge in [0, 0.05) is 0 Å². The summed E-state index contributed by atoms with van der Waals surface area (Å²) in [6.07, 6.45) is 0. The van der Waals surface area contributed by atoms with Crippen LogP contribution in [0.25, 0.3) is 0 Å². The Bertz CT molecular complexity index is 995. The molecule has 0 fully saturated rings. The van der Waals surface area contributed by atoms with Crippen LogP contribution in [-0.4, -0.2) is 34.9 Å². The monoisotopic (exact) mass is 437 g/mol. The highest BCUT2D eigenvalue weighted by Gasteiger charge is 2.40. The van der Waals surface area contributed by atoms with Crippen molar-refractivity contribution < 1.29 is 27.5 Å². The van der Waals surface area contributed by atoms with Gasteiger partial charge in [-0.2, -0.15) is 0 Å². The fraction of sp³-hybridized carbons (Fsp3) is 0.350. The predicted molar refractivity (Wildman–Crippen MR) is 115 cm³/mol. The molecule has 0 saturated carbocycles. The van der Waals surface area contributed by atoms with Gasteiger partial charge in [0.15, 0.2) is 0 Å². The van der Waals surface area contributed by atoms with Crippen molar-refractivity contribution in [2.24, 2.45) is 0 Å². The van der Waals surface area contributed by atoms with E-state index < -0.39 is 24.3 Å². The molecule has 2 aromatic rings. The predicted octanol–water partition coefficient (Wildman–Crippen LogP) is 4.58. The summed E-state index contributed by atoms with van der Waals surface area (Å²) in [6.45, 7) is 10.1. The molecule has 29 heavy (non-hydrogen) atoms. The Balaban J connectivity index is 2.53. The van der Waals surface area contributed by atoms with Gasteiger partial charge in [-0.3, -0.25) is 4.72 Å². The number of ether oxygens (including phenoxy) is 1. The number of para-hydroxylation sites is 1. The van der Waals surface area contributed by atoms with Crippen molar-refractivity contribution in [2.75, 3.05) is 11.8 Å². The van der Waals surface area contributed by atoms with E-state index >= 15 is 0 Å². The van der Waals surface area contributed by atoms with Crippen LogP contribution in [0.4, 0.5) is 5.69 Å². The van der Waals surface area contributed by atoms with Crippen LogP contribution in [0.1, 0.15) is 31.1 Å². The molecule has 0 saturated heterocycles. The van der Waals surface area contributed by atoms with Crippen molar-refractivity contribution in [1.82, 2.24) is 0 Å². The standard InChI is InChI=1S/C20H27NO6SSi/c1-20(2,3)29(5,6)27-17-9-7-8-16(19(22)23)18(17)21-28(24,25)15-12-10-14(26-4)11-13-15/h7-13,21H,1-6H3,(H,22,23).